The maximum Gasteiger partial charge on any atom is 0.416 e. The number of nitro groups is 1. The van der Waals surface area contributed by atoms with E-state index in [0.29, 0.717) is 22.8 Å². The molecule has 1 aromatic carbocycles. The molecule has 0 bridgehead atoms. The van der Waals surface area contributed by atoms with Gasteiger partial charge in [-0.1, -0.05) is 0 Å². The summed E-state index contributed by atoms with van der Waals surface area (Å²) in [5.74, 6) is 1.05. The van der Waals surface area contributed by atoms with Crippen LogP contribution in [0.15, 0.2) is 30.5 Å². The molecule has 0 spiro atoms. The van der Waals surface area contributed by atoms with Gasteiger partial charge >= 0.3 is 6.18 Å². The number of aromatic nitrogens is 3. The first-order chi connectivity index (χ1) is 14.7. The Labute approximate surface area is 179 Å². The van der Waals surface area contributed by atoms with Crippen molar-refractivity contribution in [2.45, 2.75) is 25.6 Å². The Hall–Kier alpha value is -3.21. The number of fused-ring (bicyclic) bond motifs is 1. The lowest BCUT2D eigenvalue weighted by atomic mass is 10.1. The molecule has 1 saturated heterocycles. The van der Waals surface area contributed by atoms with Crippen LogP contribution >= 0.6 is 11.6 Å². The van der Waals surface area contributed by atoms with Crippen LogP contribution in [0.5, 0.6) is 0 Å². The minimum Gasteiger partial charge on any atom is -0.365 e. The Morgan fingerprint density at radius 3 is 2.58 bits per heavy atom. The van der Waals surface area contributed by atoms with E-state index >= 15 is 0 Å². The van der Waals surface area contributed by atoms with Gasteiger partial charge in [0.2, 0.25) is 5.28 Å². The molecule has 1 aliphatic rings. The largest absolute Gasteiger partial charge is 0.416 e. The second-order valence-electron chi connectivity index (χ2n) is 7.09. The van der Waals surface area contributed by atoms with Crippen molar-refractivity contribution >= 4 is 39.8 Å². The highest BCUT2D eigenvalue weighted by atomic mass is 35.5. The molecule has 1 aliphatic heterocycles. The molecule has 0 aliphatic carbocycles. The quantitative estimate of drug-likeness (QED) is 0.337. The fraction of sp³-hybridized carbons (Fsp3) is 0.316. The number of anilines is 2. The van der Waals surface area contributed by atoms with Crippen molar-refractivity contribution in [2.75, 3.05) is 23.3 Å². The minimum absolute atomic E-state index is 0.0549. The lowest BCUT2D eigenvalue weighted by Crippen LogP contribution is -2.18. The molecule has 1 fully saturated rings. The average molecular weight is 453 g/mol. The summed E-state index contributed by atoms with van der Waals surface area (Å²) in [5, 5.41) is 14.5. The zero-order valence-corrected chi connectivity index (χ0v) is 16.7. The van der Waals surface area contributed by atoms with Crippen molar-refractivity contribution in [2.24, 2.45) is 0 Å². The normalized spacial score (nSPS) is 14.3. The number of rotatable bonds is 5. The number of pyridine rings is 1. The third-order valence-corrected chi connectivity index (χ3v) is 5.12. The lowest BCUT2D eigenvalue weighted by molar-refractivity contribution is -0.385. The van der Waals surface area contributed by atoms with Crippen molar-refractivity contribution in [1.29, 1.82) is 0 Å². The first-order valence-corrected chi connectivity index (χ1v) is 9.76. The third-order valence-electron chi connectivity index (χ3n) is 4.95. The van der Waals surface area contributed by atoms with E-state index in [2.05, 4.69) is 25.2 Å². The van der Waals surface area contributed by atoms with Gasteiger partial charge in [0.25, 0.3) is 5.69 Å². The zero-order valence-electron chi connectivity index (χ0n) is 16.0. The smallest absolute Gasteiger partial charge is 0.365 e. The average Bonchev–Trinajstić information content (AvgIpc) is 3.25. The number of nitrogens with one attached hydrogen (secondary N) is 1. The second-order valence-corrected chi connectivity index (χ2v) is 7.43. The van der Waals surface area contributed by atoms with Gasteiger partial charge in [-0.25, -0.2) is 15.0 Å². The van der Waals surface area contributed by atoms with Gasteiger partial charge in [0.05, 0.1) is 22.2 Å². The maximum absolute atomic E-state index is 13.1. The van der Waals surface area contributed by atoms with Gasteiger partial charge in [0.15, 0.2) is 0 Å². The van der Waals surface area contributed by atoms with Crippen LogP contribution in [0.3, 0.4) is 0 Å². The predicted molar refractivity (Wildman–Crippen MR) is 109 cm³/mol. The molecule has 31 heavy (non-hydrogen) atoms. The number of hydrogen-bond donors (Lipinski definition) is 1. The number of alkyl halides is 3. The number of non-ortho nitro benzene ring substituents is 1. The summed E-state index contributed by atoms with van der Waals surface area (Å²) in [6.07, 6.45) is -1.01. The van der Waals surface area contributed by atoms with Gasteiger partial charge in [0, 0.05) is 37.2 Å². The highest BCUT2D eigenvalue weighted by Crippen LogP contribution is 2.33. The van der Waals surface area contributed by atoms with Gasteiger partial charge in [-0.05, 0) is 42.1 Å². The van der Waals surface area contributed by atoms with E-state index in [4.69, 9.17) is 11.6 Å². The Morgan fingerprint density at radius 1 is 1.16 bits per heavy atom. The number of benzene rings is 1. The highest BCUT2D eigenvalue weighted by molar-refractivity contribution is 6.28. The second kappa shape index (κ2) is 8.14. The van der Waals surface area contributed by atoms with Crippen LogP contribution in [0, 0.1) is 10.1 Å². The van der Waals surface area contributed by atoms with Gasteiger partial charge < -0.3 is 10.2 Å². The molecule has 3 aromatic rings. The predicted octanol–water partition coefficient (Wildman–Crippen LogP) is 4.82. The molecule has 3 heterocycles. The summed E-state index contributed by atoms with van der Waals surface area (Å²) in [7, 11) is 0. The Kier molecular flexibility index (Phi) is 5.52. The molecule has 0 unspecified atom stereocenters. The number of nitrogens with zero attached hydrogens (tertiary/aromatic N) is 5. The number of nitro benzene ring substituents is 1. The van der Waals surface area contributed by atoms with Crippen molar-refractivity contribution in [3.8, 4) is 0 Å². The number of halogens is 4. The fourth-order valence-electron chi connectivity index (χ4n) is 3.48. The van der Waals surface area contributed by atoms with Gasteiger partial charge in [-0.3, -0.25) is 10.1 Å². The van der Waals surface area contributed by atoms with E-state index in [1.165, 1.54) is 0 Å². The van der Waals surface area contributed by atoms with Crippen LogP contribution in [-0.2, 0) is 12.7 Å². The van der Waals surface area contributed by atoms with Gasteiger partial charge in [-0.2, -0.15) is 13.2 Å². The molecule has 4 rings (SSSR count). The molecule has 162 valence electrons. The fourth-order valence-corrected chi connectivity index (χ4v) is 3.65. The van der Waals surface area contributed by atoms with Gasteiger partial charge in [-0.15, -0.1) is 0 Å². The molecule has 0 radical (unpaired) electrons. The topological polar surface area (TPSA) is 97.1 Å². The van der Waals surface area contributed by atoms with E-state index in [1.54, 1.807) is 12.3 Å². The SMILES string of the molecule is O=[N+]([O-])c1cc(CNc2nc(Cl)nc3cnc(N4CCCC4)cc23)cc(C(F)(F)F)c1. The van der Waals surface area contributed by atoms with Crippen LogP contribution < -0.4 is 10.2 Å². The summed E-state index contributed by atoms with van der Waals surface area (Å²) in [6, 6.07) is 4.26. The molecule has 8 nitrogen and oxygen atoms in total. The molecule has 0 amide bonds. The highest BCUT2D eigenvalue weighted by Gasteiger charge is 2.32. The summed E-state index contributed by atoms with van der Waals surface area (Å²) in [5.41, 5.74) is -1.18. The molecule has 0 saturated carbocycles. The summed E-state index contributed by atoms with van der Waals surface area (Å²) in [6.45, 7) is 1.63. The van der Waals surface area contributed by atoms with Crippen molar-refractivity contribution in [1.82, 2.24) is 15.0 Å². The Morgan fingerprint density at radius 2 is 1.90 bits per heavy atom. The molecular weight excluding hydrogens is 437 g/mol. The monoisotopic (exact) mass is 452 g/mol. The maximum atomic E-state index is 13.1. The Balaban J connectivity index is 1.67. The third kappa shape index (κ3) is 4.61. The van der Waals surface area contributed by atoms with Gasteiger partial charge in [0.1, 0.15) is 11.6 Å². The number of hydrogen-bond acceptors (Lipinski definition) is 7. The van der Waals surface area contributed by atoms with E-state index in [9.17, 15) is 23.3 Å². The zero-order chi connectivity index (χ0) is 22.2. The van der Waals surface area contributed by atoms with Crippen LogP contribution in [-0.4, -0.2) is 33.0 Å². The molecule has 12 heteroatoms. The van der Waals surface area contributed by atoms with E-state index in [0.717, 1.165) is 43.9 Å². The van der Waals surface area contributed by atoms with E-state index in [-0.39, 0.29) is 17.4 Å². The lowest BCUT2D eigenvalue weighted by Gasteiger charge is -2.17. The van der Waals surface area contributed by atoms with Crippen LogP contribution in [0.1, 0.15) is 24.0 Å². The van der Waals surface area contributed by atoms with Crippen molar-refractivity contribution in [3.63, 3.8) is 0 Å². The molecule has 2 aromatic heterocycles. The van der Waals surface area contributed by atoms with Crippen LogP contribution in [0.2, 0.25) is 5.28 Å². The molecule has 1 N–H and O–H groups in total. The van der Waals surface area contributed by atoms with E-state index in [1.807, 2.05) is 0 Å². The Bertz CT molecular complexity index is 1150. The van der Waals surface area contributed by atoms with E-state index < -0.39 is 22.4 Å². The molecule has 0 atom stereocenters. The standard InChI is InChI=1S/C19H16ClF3N6O2/c20-18-26-15-10-24-16(28-3-1-2-4-28)8-14(15)17(27-18)25-9-11-5-12(19(21,22)23)7-13(6-11)29(30)31/h5-8,10H,1-4,9H2,(H,25,26,27). The first-order valence-electron chi connectivity index (χ1n) is 9.38. The van der Waals surface area contributed by atoms with Crippen molar-refractivity contribution in [3.05, 3.63) is 57.0 Å². The summed E-state index contributed by atoms with van der Waals surface area (Å²) >= 11 is 5.99. The summed E-state index contributed by atoms with van der Waals surface area (Å²) in [4.78, 5) is 25.0. The van der Waals surface area contributed by atoms with Crippen LogP contribution in [0.4, 0.5) is 30.5 Å². The minimum atomic E-state index is -4.71. The van der Waals surface area contributed by atoms with Crippen LogP contribution in [0.25, 0.3) is 10.9 Å². The van der Waals surface area contributed by atoms with Crippen molar-refractivity contribution < 1.29 is 18.1 Å². The molecular formula is C19H16ClF3N6O2. The summed E-state index contributed by atoms with van der Waals surface area (Å²) < 4.78 is 39.4. The first kappa shape index (κ1) is 21.0.